The van der Waals surface area contributed by atoms with Crippen LogP contribution in [0.1, 0.15) is 16.9 Å². The predicted molar refractivity (Wildman–Crippen MR) is 71.4 cm³/mol. The van der Waals surface area contributed by atoms with E-state index in [0.717, 1.165) is 12.0 Å². The van der Waals surface area contributed by atoms with Crippen LogP contribution < -0.4 is 0 Å². The summed E-state index contributed by atoms with van der Waals surface area (Å²) in [6, 6.07) is 11.7. The van der Waals surface area contributed by atoms with Gasteiger partial charge in [-0.3, -0.25) is 4.79 Å². The summed E-state index contributed by atoms with van der Waals surface area (Å²) in [5, 5.41) is 19.5. The number of H-pyrrole nitrogens is 1. The van der Waals surface area contributed by atoms with E-state index in [0.29, 0.717) is 24.5 Å². The number of hydrogen-bond acceptors (Lipinski definition) is 4. The molecule has 1 amide bonds. The third-order valence-electron chi connectivity index (χ3n) is 3.46. The highest BCUT2D eigenvalue weighted by Crippen LogP contribution is 2.23. The van der Waals surface area contributed by atoms with E-state index in [1.54, 1.807) is 4.90 Å². The number of nitrogens with zero attached hydrogens (tertiary/aromatic N) is 4. The van der Waals surface area contributed by atoms with Gasteiger partial charge >= 0.3 is 0 Å². The van der Waals surface area contributed by atoms with Gasteiger partial charge in [0.1, 0.15) is 5.69 Å². The molecule has 1 unspecified atom stereocenters. The van der Waals surface area contributed by atoms with Crippen molar-refractivity contribution in [3.05, 3.63) is 36.0 Å². The minimum absolute atomic E-state index is 0.0778. The normalized spacial score (nSPS) is 17.9. The molecule has 1 N–H and O–H groups in total. The van der Waals surface area contributed by atoms with Crippen LogP contribution in [-0.4, -0.2) is 39.3 Å². The Bertz CT molecular complexity index is 658. The average Bonchev–Trinajstić information content (AvgIpc) is 3.16. The zero-order valence-electron chi connectivity index (χ0n) is 10.8. The molecular weight excluding hydrogens is 254 g/mol. The molecule has 1 fully saturated rings. The van der Waals surface area contributed by atoms with Crippen molar-refractivity contribution in [1.29, 1.82) is 5.26 Å². The van der Waals surface area contributed by atoms with E-state index in [2.05, 4.69) is 21.5 Å². The fourth-order valence-corrected chi connectivity index (χ4v) is 2.38. The topological polar surface area (TPSA) is 85.7 Å². The molecule has 0 aliphatic carbocycles. The second kappa shape index (κ2) is 5.13. The Morgan fingerprint density at radius 1 is 1.35 bits per heavy atom. The van der Waals surface area contributed by atoms with Gasteiger partial charge in [-0.2, -0.15) is 20.7 Å². The van der Waals surface area contributed by atoms with Crippen molar-refractivity contribution in [1.82, 2.24) is 20.3 Å². The highest BCUT2D eigenvalue weighted by atomic mass is 16.2. The molecule has 1 atom stereocenters. The largest absolute Gasteiger partial charge is 0.336 e. The zero-order valence-corrected chi connectivity index (χ0v) is 10.8. The Morgan fingerprint density at radius 3 is 2.85 bits per heavy atom. The summed E-state index contributed by atoms with van der Waals surface area (Å²) in [6.45, 7) is 1.06. The molecule has 6 nitrogen and oxygen atoms in total. The van der Waals surface area contributed by atoms with Crippen LogP contribution in [0.15, 0.2) is 30.3 Å². The summed E-state index contributed by atoms with van der Waals surface area (Å²) in [4.78, 5) is 14.1. The van der Waals surface area contributed by atoms with Gasteiger partial charge in [0, 0.05) is 18.7 Å². The summed E-state index contributed by atoms with van der Waals surface area (Å²) >= 11 is 0. The van der Waals surface area contributed by atoms with Gasteiger partial charge in [-0.25, -0.2) is 0 Å². The number of amides is 1. The van der Waals surface area contributed by atoms with E-state index < -0.39 is 0 Å². The Morgan fingerprint density at radius 2 is 2.15 bits per heavy atom. The van der Waals surface area contributed by atoms with Crippen LogP contribution in [0.4, 0.5) is 0 Å². The molecule has 2 aromatic rings. The SMILES string of the molecule is N#CC1CCN(C(=O)c2n[nH]nc2-c2ccccc2)C1. The molecule has 0 spiro atoms. The first kappa shape index (κ1) is 12.4. The standard InChI is InChI=1S/C14H13N5O/c15-8-10-6-7-19(9-10)14(20)13-12(16-18-17-13)11-4-2-1-3-5-11/h1-5,10H,6-7,9H2,(H,16,17,18). The van der Waals surface area contributed by atoms with Crippen LogP contribution in [0.2, 0.25) is 0 Å². The number of nitriles is 1. The number of hydrogen-bond donors (Lipinski definition) is 1. The summed E-state index contributed by atoms with van der Waals surface area (Å²) in [5.74, 6) is -0.249. The van der Waals surface area contributed by atoms with Gasteiger partial charge in [0.05, 0.1) is 12.0 Å². The first-order valence-electron chi connectivity index (χ1n) is 6.44. The zero-order chi connectivity index (χ0) is 13.9. The van der Waals surface area contributed by atoms with E-state index in [1.165, 1.54) is 0 Å². The number of likely N-dealkylation sites (tertiary alicyclic amines) is 1. The van der Waals surface area contributed by atoms with Gasteiger partial charge in [0.2, 0.25) is 0 Å². The number of nitrogens with one attached hydrogen (secondary N) is 1. The lowest BCUT2D eigenvalue weighted by atomic mass is 10.1. The maximum absolute atomic E-state index is 12.5. The van der Waals surface area contributed by atoms with Crippen LogP contribution in [0.3, 0.4) is 0 Å². The molecule has 0 saturated carbocycles. The van der Waals surface area contributed by atoms with Crippen molar-refractivity contribution >= 4 is 5.91 Å². The lowest BCUT2D eigenvalue weighted by Gasteiger charge is -2.14. The highest BCUT2D eigenvalue weighted by Gasteiger charge is 2.30. The van der Waals surface area contributed by atoms with Crippen molar-refractivity contribution in [2.45, 2.75) is 6.42 Å². The molecular formula is C14H13N5O. The van der Waals surface area contributed by atoms with Gasteiger partial charge in [0.25, 0.3) is 5.91 Å². The molecule has 6 heteroatoms. The third kappa shape index (κ3) is 2.14. The van der Waals surface area contributed by atoms with Crippen molar-refractivity contribution in [3.63, 3.8) is 0 Å². The molecule has 1 aromatic carbocycles. The quantitative estimate of drug-likeness (QED) is 0.892. The predicted octanol–water partition coefficient (Wildman–Crippen LogP) is 1.46. The van der Waals surface area contributed by atoms with Gasteiger partial charge in [-0.15, -0.1) is 0 Å². The molecule has 100 valence electrons. The molecule has 0 bridgehead atoms. The Kier molecular flexibility index (Phi) is 3.17. The minimum atomic E-state index is -0.171. The Balaban J connectivity index is 1.87. The molecule has 1 aliphatic heterocycles. The second-order valence-electron chi connectivity index (χ2n) is 4.75. The number of carbonyl (C=O) groups is 1. The average molecular weight is 267 g/mol. The molecule has 1 aromatic heterocycles. The number of carbonyl (C=O) groups excluding carboxylic acids is 1. The van der Waals surface area contributed by atoms with E-state index in [1.807, 2.05) is 30.3 Å². The third-order valence-corrected chi connectivity index (χ3v) is 3.46. The number of rotatable bonds is 2. The van der Waals surface area contributed by atoms with E-state index in [9.17, 15) is 4.79 Å². The van der Waals surface area contributed by atoms with Crippen LogP contribution >= 0.6 is 0 Å². The maximum atomic E-state index is 12.5. The monoisotopic (exact) mass is 267 g/mol. The van der Waals surface area contributed by atoms with Gasteiger partial charge in [-0.05, 0) is 6.42 Å². The number of aromatic nitrogens is 3. The minimum Gasteiger partial charge on any atom is -0.336 e. The summed E-state index contributed by atoms with van der Waals surface area (Å²) in [5.41, 5.74) is 1.71. The van der Waals surface area contributed by atoms with Crippen LogP contribution in [-0.2, 0) is 0 Å². The maximum Gasteiger partial charge on any atom is 0.276 e. The lowest BCUT2D eigenvalue weighted by molar-refractivity contribution is 0.0785. The molecule has 1 aliphatic rings. The highest BCUT2D eigenvalue weighted by molar-refractivity contribution is 5.98. The Labute approximate surface area is 116 Å². The number of benzene rings is 1. The summed E-state index contributed by atoms with van der Waals surface area (Å²) < 4.78 is 0. The van der Waals surface area contributed by atoms with E-state index in [-0.39, 0.29) is 11.8 Å². The molecule has 0 radical (unpaired) electrons. The van der Waals surface area contributed by atoms with E-state index in [4.69, 9.17) is 5.26 Å². The first-order valence-corrected chi connectivity index (χ1v) is 6.44. The smallest absolute Gasteiger partial charge is 0.276 e. The fraction of sp³-hybridized carbons (Fsp3) is 0.286. The Hall–Kier alpha value is -2.68. The van der Waals surface area contributed by atoms with Gasteiger partial charge in [0.15, 0.2) is 5.69 Å². The molecule has 2 heterocycles. The van der Waals surface area contributed by atoms with Crippen molar-refractivity contribution in [2.75, 3.05) is 13.1 Å². The van der Waals surface area contributed by atoms with Crippen LogP contribution in [0.25, 0.3) is 11.3 Å². The summed E-state index contributed by atoms with van der Waals surface area (Å²) in [7, 11) is 0. The van der Waals surface area contributed by atoms with Gasteiger partial charge in [-0.1, -0.05) is 30.3 Å². The molecule has 1 saturated heterocycles. The van der Waals surface area contributed by atoms with Crippen molar-refractivity contribution < 1.29 is 4.79 Å². The molecule has 20 heavy (non-hydrogen) atoms. The molecule has 3 rings (SSSR count). The van der Waals surface area contributed by atoms with Crippen LogP contribution in [0, 0.1) is 17.2 Å². The first-order chi connectivity index (χ1) is 9.79. The lowest BCUT2D eigenvalue weighted by Crippen LogP contribution is -2.29. The van der Waals surface area contributed by atoms with E-state index >= 15 is 0 Å². The fourth-order valence-electron chi connectivity index (χ4n) is 2.38. The number of aromatic amines is 1. The van der Waals surface area contributed by atoms with Gasteiger partial charge < -0.3 is 4.90 Å². The summed E-state index contributed by atoms with van der Waals surface area (Å²) in [6.07, 6.45) is 0.723. The second-order valence-corrected chi connectivity index (χ2v) is 4.75. The van der Waals surface area contributed by atoms with Crippen molar-refractivity contribution in [3.8, 4) is 17.3 Å². The van der Waals surface area contributed by atoms with Crippen molar-refractivity contribution in [2.24, 2.45) is 5.92 Å². The van der Waals surface area contributed by atoms with Crippen LogP contribution in [0.5, 0.6) is 0 Å².